The van der Waals surface area contributed by atoms with Gasteiger partial charge in [-0.05, 0) is 25.1 Å². The van der Waals surface area contributed by atoms with E-state index in [1.165, 1.54) is 0 Å². The van der Waals surface area contributed by atoms with Crippen LogP contribution < -0.4 is 20.5 Å². The number of rotatable bonds is 8. The summed E-state index contributed by atoms with van der Waals surface area (Å²) in [5.74, 6) is 2.12. The highest BCUT2D eigenvalue weighted by Gasteiger charge is 2.07. The van der Waals surface area contributed by atoms with Crippen LogP contribution in [-0.2, 0) is 4.79 Å². The van der Waals surface area contributed by atoms with Gasteiger partial charge in [-0.1, -0.05) is 0 Å². The van der Waals surface area contributed by atoms with Gasteiger partial charge in [0.15, 0.2) is 11.5 Å². The van der Waals surface area contributed by atoms with Crippen LogP contribution in [-0.4, -0.2) is 38.5 Å². The van der Waals surface area contributed by atoms with Crippen LogP contribution in [0.1, 0.15) is 13.3 Å². The van der Waals surface area contributed by atoms with Crippen LogP contribution in [0.5, 0.6) is 11.5 Å². The van der Waals surface area contributed by atoms with E-state index >= 15 is 0 Å². The highest BCUT2D eigenvalue weighted by molar-refractivity contribution is 7.99. The van der Waals surface area contributed by atoms with Crippen LogP contribution in [0.4, 0.5) is 0 Å². The van der Waals surface area contributed by atoms with E-state index in [9.17, 15) is 4.79 Å². The number of ether oxygens (including phenoxy) is 2. The highest BCUT2D eigenvalue weighted by Crippen LogP contribution is 2.31. The third kappa shape index (κ3) is 5.30. The Bertz CT molecular complexity index is 440. The molecule has 1 rings (SSSR count). The molecule has 0 aliphatic heterocycles. The van der Waals surface area contributed by atoms with Gasteiger partial charge in [0, 0.05) is 29.7 Å². The van der Waals surface area contributed by atoms with Gasteiger partial charge in [0.2, 0.25) is 5.91 Å². The predicted molar refractivity (Wildman–Crippen MR) is 81.5 cm³/mol. The van der Waals surface area contributed by atoms with E-state index in [4.69, 9.17) is 15.2 Å². The zero-order valence-corrected chi connectivity index (χ0v) is 13.0. The van der Waals surface area contributed by atoms with Crippen molar-refractivity contribution < 1.29 is 14.3 Å². The van der Waals surface area contributed by atoms with Gasteiger partial charge in [-0.3, -0.25) is 4.79 Å². The Morgan fingerprint density at radius 1 is 1.35 bits per heavy atom. The van der Waals surface area contributed by atoms with E-state index < -0.39 is 0 Å². The molecule has 0 fully saturated rings. The smallest absolute Gasteiger partial charge is 0.221 e. The zero-order chi connectivity index (χ0) is 15.0. The number of benzene rings is 1. The first-order valence-corrected chi connectivity index (χ1v) is 7.43. The van der Waals surface area contributed by atoms with E-state index in [0.29, 0.717) is 30.2 Å². The Hall–Kier alpha value is -1.40. The molecule has 0 spiro atoms. The first-order chi connectivity index (χ1) is 9.60. The normalized spacial score (nSPS) is 11.8. The molecule has 5 nitrogen and oxygen atoms in total. The molecule has 1 amide bonds. The second-order valence-corrected chi connectivity index (χ2v) is 5.49. The lowest BCUT2D eigenvalue weighted by Gasteiger charge is -2.11. The topological polar surface area (TPSA) is 73.6 Å². The van der Waals surface area contributed by atoms with E-state index in [1.54, 1.807) is 26.0 Å². The second-order valence-electron chi connectivity index (χ2n) is 4.32. The number of amides is 1. The van der Waals surface area contributed by atoms with Crippen molar-refractivity contribution in [3.8, 4) is 11.5 Å². The molecule has 112 valence electrons. The van der Waals surface area contributed by atoms with Crippen LogP contribution >= 0.6 is 11.8 Å². The summed E-state index contributed by atoms with van der Waals surface area (Å²) in [5.41, 5.74) is 5.45. The van der Waals surface area contributed by atoms with E-state index in [-0.39, 0.29) is 11.9 Å². The monoisotopic (exact) mass is 298 g/mol. The number of carbonyl (C=O) groups is 1. The van der Waals surface area contributed by atoms with Crippen LogP contribution in [0, 0.1) is 0 Å². The average molecular weight is 298 g/mol. The summed E-state index contributed by atoms with van der Waals surface area (Å²) in [4.78, 5) is 12.6. The summed E-state index contributed by atoms with van der Waals surface area (Å²) in [6.45, 7) is 2.34. The molecule has 1 aromatic rings. The standard InChI is InChI=1S/C14H22N2O3S/c1-10(9-15)16-14(17)6-7-20-11-4-5-12(18-2)13(8-11)19-3/h4-5,8,10H,6-7,9,15H2,1-3H3,(H,16,17)/t10-/m0/s1. The molecule has 0 saturated carbocycles. The summed E-state index contributed by atoms with van der Waals surface area (Å²) in [6.07, 6.45) is 0.462. The maximum absolute atomic E-state index is 11.6. The number of thioether (sulfide) groups is 1. The number of nitrogens with two attached hydrogens (primary N) is 1. The van der Waals surface area contributed by atoms with E-state index in [0.717, 1.165) is 4.90 Å². The first-order valence-electron chi connectivity index (χ1n) is 6.45. The number of hydrogen-bond acceptors (Lipinski definition) is 5. The number of methoxy groups -OCH3 is 2. The molecule has 1 aromatic carbocycles. The second kappa shape index (κ2) is 8.71. The molecule has 0 radical (unpaired) electrons. The fourth-order valence-electron chi connectivity index (χ4n) is 1.57. The van der Waals surface area contributed by atoms with Crippen molar-refractivity contribution >= 4 is 17.7 Å². The van der Waals surface area contributed by atoms with Gasteiger partial charge < -0.3 is 20.5 Å². The van der Waals surface area contributed by atoms with E-state index in [1.807, 2.05) is 25.1 Å². The minimum atomic E-state index is 0.0218. The summed E-state index contributed by atoms with van der Waals surface area (Å²) in [6, 6.07) is 5.74. The Kier molecular flexibility index (Phi) is 7.25. The van der Waals surface area contributed by atoms with Gasteiger partial charge in [0.25, 0.3) is 0 Å². The minimum Gasteiger partial charge on any atom is -0.493 e. The van der Waals surface area contributed by atoms with Gasteiger partial charge in [-0.2, -0.15) is 0 Å². The molecule has 0 saturated heterocycles. The first kappa shape index (κ1) is 16.7. The molecule has 0 heterocycles. The van der Waals surface area contributed by atoms with Crippen molar-refractivity contribution in [2.75, 3.05) is 26.5 Å². The maximum atomic E-state index is 11.6. The molecule has 0 aromatic heterocycles. The Morgan fingerprint density at radius 3 is 2.65 bits per heavy atom. The maximum Gasteiger partial charge on any atom is 0.221 e. The molecule has 0 aliphatic rings. The molecule has 20 heavy (non-hydrogen) atoms. The fraction of sp³-hybridized carbons (Fsp3) is 0.500. The van der Waals surface area contributed by atoms with Gasteiger partial charge >= 0.3 is 0 Å². The zero-order valence-electron chi connectivity index (χ0n) is 12.1. The quantitative estimate of drug-likeness (QED) is 0.714. The molecule has 1 atom stereocenters. The van der Waals surface area contributed by atoms with Crippen molar-refractivity contribution in [2.24, 2.45) is 5.73 Å². The molecule has 0 bridgehead atoms. The largest absolute Gasteiger partial charge is 0.493 e. The third-order valence-electron chi connectivity index (χ3n) is 2.71. The molecule has 0 aliphatic carbocycles. The van der Waals surface area contributed by atoms with Gasteiger partial charge in [0.05, 0.1) is 14.2 Å². The lowest BCUT2D eigenvalue weighted by atomic mass is 10.3. The third-order valence-corrected chi connectivity index (χ3v) is 3.71. The van der Waals surface area contributed by atoms with Crippen LogP contribution in [0.2, 0.25) is 0 Å². The number of carbonyl (C=O) groups excluding carboxylic acids is 1. The lowest BCUT2D eigenvalue weighted by Crippen LogP contribution is -2.37. The number of nitrogens with one attached hydrogen (secondary N) is 1. The van der Waals surface area contributed by atoms with Crippen molar-refractivity contribution in [1.29, 1.82) is 0 Å². The van der Waals surface area contributed by atoms with Gasteiger partial charge in [0.1, 0.15) is 0 Å². The summed E-state index contributed by atoms with van der Waals surface area (Å²) < 4.78 is 10.4. The van der Waals surface area contributed by atoms with E-state index in [2.05, 4.69) is 5.32 Å². The average Bonchev–Trinajstić information content (AvgIpc) is 2.46. The Morgan fingerprint density at radius 2 is 2.05 bits per heavy atom. The summed E-state index contributed by atoms with van der Waals surface area (Å²) in [7, 11) is 3.21. The van der Waals surface area contributed by atoms with Crippen molar-refractivity contribution in [1.82, 2.24) is 5.32 Å². The Labute approximate surface area is 124 Å². The lowest BCUT2D eigenvalue weighted by molar-refractivity contribution is -0.121. The highest BCUT2D eigenvalue weighted by atomic mass is 32.2. The molecule has 6 heteroatoms. The molecule has 0 unspecified atom stereocenters. The van der Waals surface area contributed by atoms with Crippen LogP contribution in [0.3, 0.4) is 0 Å². The van der Waals surface area contributed by atoms with Crippen LogP contribution in [0.25, 0.3) is 0 Å². The van der Waals surface area contributed by atoms with Crippen LogP contribution in [0.15, 0.2) is 23.1 Å². The molecule has 3 N–H and O–H groups in total. The summed E-state index contributed by atoms with van der Waals surface area (Å²) >= 11 is 1.60. The minimum absolute atomic E-state index is 0.0218. The van der Waals surface area contributed by atoms with Crippen molar-refractivity contribution in [3.63, 3.8) is 0 Å². The van der Waals surface area contributed by atoms with Crippen molar-refractivity contribution in [3.05, 3.63) is 18.2 Å². The predicted octanol–water partition coefficient (Wildman–Crippen LogP) is 1.65. The number of hydrogen-bond donors (Lipinski definition) is 2. The van der Waals surface area contributed by atoms with Gasteiger partial charge in [-0.15, -0.1) is 11.8 Å². The summed E-state index contributed by atoms with van der Waals surface area (Å²) in [5, 5.41) is 2.83. The molecular formula is C14H22N2O3S. The fourth-order valence-corrected chi connectivity index (χ4v) is 2.45. The van der Waals surface area contributed by atoms with Gasteiger partial charge in [-0.25, -0.2) is 0 Å². The Balaban J connectivity index is 2.44. The SMILES string of the molecule is COc1ccc(SCCC(=O)N[C@@H](C)CN)cc1OC. The molecular weight excluding hydrogens is 276 g/mol. The van der Waals surface area contributed by atoms with Crippen molar-refractivity contribution in [2.45, 2.75) is 24.3 Å².